The number of aryl methyl sites for hydroxylation is 1. The molecule has 0 saturated heterocycles. The molecule has 4 nitrogen and oxygen atoms in total. The Morgan fingerprint density at radius 2 is 1.94 bits per heavy atom. The van der Waals surface area contributed by atoms with Crippen LogP contribution in [-0.2, 0) is 0 Å². The first-order valence-electron chi connectivity index (χ1n) is 5.49. The second kappa shape index (κ2) is 5.23. The molecule has 1 aromatic heterocycles. The Bertz CT molecular complexity index is 575. The van der Waals surface area contributed by atoms with Crippen LogP contribution in [0.15, 0.2) is 55.0 Å². The number of nitro groups is 1. The SMILES string of the molecule is Cc1ccc(/C(=C/[N+](=O)[O-])c2cccnc2)cc1. The summed E-state index contributed by atoms with van der Waals surface area (Å²) in [5, 5.41) is 10.7. The van der Waals surface area contributed by atoms with Crippen LogP contribution in [-0.4, -0.2) is 9.91 Å². The van der Waals surface area contributed by atoms with Crippen molar-refractivity contribution in [2.24, 2.45) is 0 Å². The zero-order chi connectivity index (χ0) is 13.0. The van der Waals surface area contributed by atoms with Gasteiger partial charge in [-0.1, -0.05) is 35.9 Å². The summed E-state index contributed by atoms with van der Waals surface area (Å²) < 4.78 is 0. The van der Waals surface area contributed by atoms with Crippen LogP contribution in [0.25, 0.3) is 5.57 Å². The fourth-order valence-corrected chi connectivity index (χ4v) is 1.68. The van der Waals surface area contributed by atoms with Crippen molar-refractivity contribution in [1.82, 2.24) is 4.98 Å². The Morgan fingerprint density at radius 3 is 2.50 bits per heavy atom. The number of nitrogens with zero attached hydrogens (tertiary/aromatic N) is 2. The van der Waals surface area contributed by atoms with E-state index in [1.165, 1.54) is 0 Å². The van der Waals surface area contributed by atoms with Crippen LogP contribution in [0.4, 0.5) is 0 Å². The highest BCUT2D eigenvalue weighted by atomic mass is 16.6. The van der Waals surface area contributed by atoms with Gasteiger partial charge in [-0.3, -0.25) is 15.1 Å². The van der Waals surface area contributed by atoms with E-state index in [-0.39, 0.29) is 0 Å². The smallest absolute Gasteiger partial charge is 0.242 e. The summed E-state index contributed by atoms with van der Waals surface area (Å²) in [5.41, 5.74) is 3.22. The number of aromatic nitrogens is 1. The molecular formula is C14H12N2O2. The molecule has 1 heterocycles. The molecule has 0 fully saturated rings. The molecule has 0 saturated carbocycles. The van der Waals surface area contributed by atoms with Crippen molar-refractivity contribution in [3.8, 4) is 0 Å². The van der Waals surface area contributed by atoms with Crippen LogP contribution in [0.1, 0.15) is 16.7 Å². The van der Waals surface area contributed by atoms with E-state index in [4.69, 9.17) is 0 Å². The summed E-state index contributed by atoms with van der Waals surface area (Å²) in [6.45, 7) is 1.98. The van der Waals surface area contributed by atoms with Crippen LogP contribution in [0, 0.1) is 17.0 Å². The predicted octanol–water partition coefficient (Wildman–Crippen LogP) is 3.06. The summed E-state index contributed by atoms with van der Waals surface area (Å²) in [5.74, 6) is 0. The molecule has 2 rings (SSSR count). The van der Waals surface area contributed by atoms with Crippen LogP contribution in [0.2, 0.25) is 0 Å². The molecule has 0 aliphatic rings. The predicted molar refractivity (Wildman–Crippen MR) is 69.5 cm³/mol. The quantitative estimate of drug-likeness (QED) is 0.612. The van der Waals surface area contributed by atoms with Crippen molar-refractivity contribution in [2.45, 2.75) is 6.92 Å². The Kier molecular flexibility index (Phi) is 3.48. The average Bonchev–Trinajstić information content (AvgIpc) is 2.38. The molecule has 0 spiro atoms. The van der Waals surface area contributed by atoms with Crippen LogP contribution >= 0.6 is 0 Å². The van der Waals surface area contributed by atoms with Gasteiger partial charge in [-0.2, -0.15) is 0 Å². The molecule has 0 radical (unpaired) electrons. The third-order valence-electron chi connectivity index (χ3n) is 2.57. The minimum atomic E-state index is -0.442. The monoisotopic (exact) mass is 240 g/mol. The highest BCUT2D eigenvalue weighted by molar-refractivity contribution is 5.78. The van der Waals surface area contributed by atoms with E-state index < -0.39 is 4.92 Å². The van der Waals surface area contributed by atoms with Gasteiger partial charge in [0.25, 0.3) is 0 Å². The summed E-state index contributed by atoms with van der Waals surface area (Å²) in [6, 6.07) is 11.2. The number of pyridine rings is 1. The molecule has 0 bridgehead atoms. The number of hydrogen-bond acceptors (Lipinski definition) is 3. The second-order valence-corrected chi connectivity index (χ2v) is 3.94. The lowest BCUT2D eigenvalue weighted by molar-refractivity contribution is -0.401. The third-order valence-corrected chi connectivity index (χ3v) is 2.57. The lowest BCUT2D eigenvalue weighted by atomic mass is 9.99. The topological polar surface area (TPSA) is 56.0 Å². The first-order chi connectivity index (χ1) is 8.66. The second-order valence-electron chi connectivity index (χ2n) is 3.94. The molecule has 18 heavy (non-hydrogen) atoms. The lowest BCUT2D eigenvalue weighted by Gasteiger charge is -2.05. The maximum absolute atomic E-state index is 10.7. The fraction of sp³-hybridized carbons (Fsp3) is 0.0714. The molecule has 0 unspecified atom stereocenters. The maximum Gasteiger partial charge on any atom is 0.242 e. The molecule has 0 N–H and O–H groups in total. The first-order valence-corrected chi connectivity index (χ1v) is 5.49. The third kappa shape index (κ3) is 2.79. The lowest BCUT2D eigenvalue weighted by Crippen LogP contribution is -1.94. The minimum Gasteiger partial charge on any atom is -0.264 e. The van der Waals surface area contributed by atoms with E-state index in [2.05, 4.69) is 4.98 Å². The van der Waals surface area contributed by atoms with E-state index in [0.717, 1.165) is 22.9 Å². The van der Waals surface area contributed by atoms with Gasteiger partial charge < -0.3 is 0 Å². The standard InChI is InChI=1S/C14H12N2O2/c1-11-4-6-12(7-5-11)14(10-16(17)18)13-3-2-8-15-9-13/h2-10H,1H3/b14-10-. The van der Waals surface area contributed by atoms with Crippen molar-refractivity contribution in [2.75, 3.05) is 0 Å². The maximum atomic E-state index is 10.7. The highest BCUT2D eigenvalue weighted by Crippen LogP contribution is 2.22. The van der Waals surface area contributed by atoms with Gasteiger partial charge in [0.15, 0.2) is 0 Å². The van der Waals surface area contributed by atoms with E-state index in [1.54, 1.807) is 18.5 Å². The molecular weight excluding hydrogens is 228 g/mol. The molecule has 0 atom stereocenters. The largest absolute Gasteiger partial charge is 0.264 e. The molecule has 90 valence electrons. The zero-order valence-corrected chi connectivity index (χ0v) is 9.91. The summed E-state index contributed by atoms with van der Waals surface area (Å²) in [6.07, 6.45) is 4.28. The first kappa shape index (κ1) is 12.0. The van der Waals surface area contributed by atoms with E-state index in [1.807, 2.05) is 37.3 Å². The van der Waals surface area contributed by atoms with Gasteiger partial charge >= 0.3 is 0 Å². The van der Waals surface area contributed by atoms with Crippen molar-refractivity contribution in [3.63, 3.8) is 0 Å². The Labute approximate surface area is 105 Å². The molecule has 0 aliphatic carbocycles. The molecule has 2 aromatic rings. The molecule has 1 aromatic carbocycles. The van der Waals surface area contributed by atoms with Crippen LogP contribution < -0.4 is 0 Å². The Balaban J connectivity index is 2.51. The van der Waals surface area contributed by atoms with Crippen LogP contribution in [0.3, 0.4) is 0 Å². The van der Waals surface area contributed by atoms with E-state index in [0.29, 0.717) is 5.57 Å². The number of rotatable bonds is 3. The van der Waals surface area contributed by atoms with Crippen molar-refractivity contribution in [1.29, 1.82) is 0 Å². The minimum absolute atomic E-state index is 0.442. The van der Waals surface area contributed by atoms with Crippen molar-refractivity contribution in [3.05, 3.63) is 81.8 Å². The molecule has 4 heteroatoms. The highest BCUT2D eigenvalue weighted by Gasteiger charge is 2.09. The Morgan fingerprint density at radius 1 is 1.22 bits per heavy atom. The fourth-order valence-electron chi connectivity index (χ4n) is 1.68. The van der Waals surface area contributed by atoms with E-state index >= 15 is 0 Å². The van der Waals surface area contributed by atoms with Crippen LogP contribution in [0.5, 0.6) is 0 Å². The number of hydrogen-bond donors (Lipinski definition) is 0. The van der Waals surface area contributed by atoms with Crippen molar-refractivity contribution >= 4 is 5.57 Å². The summed E-state index contributed by atoms with van der Waals surface area (Å²) in [7, 11) is 0. The average molecular weight is 240 g/mol. The van der Waals surface area contributed by atoms with Gasteiger partial charge in [-0.15, -0.1) is 0 Å². The molecule has 0 aliphatic heterocycles. The van der Waals surface area contributed by atoms with Crippen molar-refractivity contribution < 1.29 is 4.92 Å². The molecule has 0 amide bonds. The zero-order valence-electron chi connectivity index (χ0n) is 9.91. The van der Waals surface area contributed by atoms with Gasteiger partial charge in [-0.25, -0.2) is 0 Å². The van der Waals surface area contributed by atoms with Gasteiger partial charge in [0.2, 0.25) is 6.20 Å². The van der Waals surface area contributed by atoms with Gasteiger partial charge in [0.1, 0.15) is 0 Å². The van der Waals surface area contributed by atoms with Gasteiger partial charge in [-0.05, 0) is 18.6 Å². The van der Waals surface area contributed by atoms with Gasteiger partial charge in [0, 0.05) is 18.0 Å². The normalized spacial score (nSPS) is 11.3. The summed E-state index contributed by atoms with van der Waals surface area (Å²) in [4.78, 5) is 14.3. The number of benzene rings is 1. The van der Waals surface area contributed by atoms with E-state index in [9.17, 15) is 10.1 Å². The summed E-state index contributed by atoms with van der Waals surface area (Å²) >= 11 is 0. The van der Waals surface area contributed by atoms with Gasteiger partial charge in [0.05, 0.1) is 10.5 Å². The Hall–Kier alpha value is -2.49.